The number of likely N-dealkylation sites (N-methyl/N-ethyl adjacent to an activating group) is 1. The third-order valence-electron chi connectivity index (χ3n) is 2.00. The maximum Gasteiger partial charge on any atom is 0.0206 e. The van der Waals surface area contributed by atoms with Gasteiger partial charge in [0, 0.05) is 14.0 Å². The molecule has 0 saturated carbocycles. The molecule has 1 atom stereocenters. The number of nitrogens with zero attached hydrogens (tertiary/aromatic N) is 1. The molecule has 1 unspecified atom stereocenters. The monoisotopic (exact) mass is 130 g/mol. The third-order valence-corrected chi connectivity index (χ3v) is 2.00. The lowest BCUT2D eigenvalue weighted by Crippen LogP contribution is -2.49. The van der Waals surface area contributed by atoms with E-state index in [0.717, 1.165) is 12.6 Å². The van der Waals surface area contributed by atoms with Crippen LogP contribution in [0.1, 0.15) is 14.8 Å². The number of hydrogen-bond acceptors (Lipinski definition) is 2. The standard InChI is InChI=1S/C7H16N2.H2/c1-3-9(2)6-7-4-5-8-7;/h7-8H,3-6H2,1-2H3;1H. The molecule has 0 amide bonds. The fourth-order valence-corrected chi connectivity index (χ4v) is 1.01. The van der Waals surface area contributed by atoms with Crippen LogP contribution in [0.4, 0.5) is 0 Å². The van der Waals surface area contributed by atoms with Crippen LogP contribution in [0.3, 0.4) is 0 Å². The average molecular weight is 130 g/mol. The lowest BCUT2D eigenvalue weighted by molar-refractivity contribution is 0.249. The van der Waals surface area contributed by atoms with E-state index < -0.39 is 0 Å². The van der Waals surface area contributed by atoms with Crippen LogP contribution in [0.2, 0.25) is 0 Å². The summed E-state index contributed by atoms with van der Waals surface area (Å²) in [5, 5.41) is 3.37. The highest BCUT2D eigenvalue weighted by molar-refractivity contribution is 4.79. The number of rotatable bonds is 3. The second-order valence-corrected chi connectivity index (χ2v) is 2.79. The Morgan fingerprint density at radius 2 is 2.44 bits per heavy atom. The van der Waals surface area contributed by atoms with Gasteiger partial charge in [-0.25, -0.2) is 0 Å². The van der Waals surface area contributed by atoms with Gasteiger partial charge in [0.25, 0.3) is 0 Å². The van der Waals surface area contributed by atoms with Gasteiger partial charge in [-0.15, -0.1) is 0 Å². The van der Waals surface area contributed by atoms with Gasteiger partial charge in [-0.3, -0.25) is 0 Å². The van der Waals surface area contributed by atoms with E-state index in [2.05, 4.69) is 24.2 Å². The van der Waals surface area contributed by atoms with E-state index in [4.69, 9.17) is 0 Å². The van der Waals surface area contributed by atoms with Crippen molar-refractivity contribution in [1.82, 2.24) is 10.2 Å². The summed E-state index contributed by atoms with van der Waals surface area (Å²) in [6.45, 7) is 5.80. The Balaban J connectivity index is 0.000000810. The van der Waals surface area contributed by atoms with E-state index in [1.54, 1.807) is 0 Å². The third kappa shape index (κ3) is 1.95. The minimum atomic E-state index is 0. The van der Waals surface area contributed by atoms with Crippen molar-refractivity contribution < 1.29 is 1.43 Å². The van der Waals surface area contributed by atoms with Gasteiger partial charge in [0.1, 0.15) is 0 Å². The van der Waals surface area contributed by atoms with Crippen LogP contribution in [-0.2, 0) is 0 Å². The van der Waals surface area contributed by atoms with Crippen molar-refractivity contribution in [2.75, 3.05) is 26.7 Å². The Morgan fingerprint density at radius 1 is 1.78 bits per heavy atom. The molecular weight excluding hydrogens is 112 g/mol. The summed E-state index contributed by atoms with van der Waals surface area (Å²) in [4.78, 5) is 2.34. The van der Waals surface area contributed by atoms with E-state index in [1.165, 1.54) is 19.5 Å². The molecule has 9 heavy (non-hydrogen) atoms. The largest absolute Gasteiger partial charge is 0.313 e. The normalized spacial score (nSPS) is 26.3. The van der Waals surface area contributed by atoms with Crippen molar-refractivity contribution in [2.45, 2.75) is 19.4 Å². The summed E-state index contributed by atoms with van der Waals surface area (Å²) in [7, 11) is 2.17. The van der Waals surface area contributed by atoms with Crippen molar-refractivity contribution in [3.8, 4) is 0 Å². The molecule has 1 fully saturated rings. The van der Waals surface area contributed by atoms with Crippen molar-refractivity contribution in [1.29, 1.82) is 0 Å². The molecule has 0 bridgehead atoms. The summed E-state index contributed by atoms with van der Waals surface area (Å²) in [5.74, 6) is 0. The SMILES string of the molecule is CCN(C)CC1CCN1.[HH]. The van der Waals surface area contributed by atoms with Gasteiger partial charge in [-0.2, -0.15) is 0 Å². The Labute approximate surface area is 58.7 Å². The first-order valence-corrected chi connectivity index (χ1v) is 3.75. The highest BCUT2D eigenvalue weighted by atomic mass is 15.1. The van der Waals surface area contributed by atoms with E-state index in [1.807, 2.05) is 0 Å². The lowest BCUT2D eigenvalue weighted by atomic mass is 10.1. The molecule has 2 heteroatoms. The maximum atomic E-state index is 3.37. The van der Waals surface area contributed by atoms with Crippen LogP contribution in [0.25, 0.3) is 0 Å². The summed E-state index contributed by atoms with van der Waals surface area (Å²) in [5.41, 5.74) is 0. The molecule has 56 valence electrons. The molecule has 0 aliphatic carbocycles. The number of nitrogens with one attached hydrogen (secondary N) is 1. The first-order valence-electron chi connectivity index (χ1n) is 3.75. The summed E-state index contributed by atoms with van der Waals surface area (Å²) < 4.78 is 0. The van der Waals surface area contributed by atoms with Gasteiger partial charge in [0.05, 0.1) is 0 Å². The second kappa shape index (κ2) is 3.18. The molecule has 0 aromatic heterocycles. The molecule has 1 aliphatic heterocycles. The molecule has 1 heterocycles. The van der Waals surface area contributed by atoms with Gasteiger partial charge in [-0.05, 0) is 26.6 Å². The Morgan fingerprint density at radius 3 is 2.78 bits per heavy atom. The molecule has 0 aromatic rings. The van der Waals surface area contributed by atoms with Crippen LogP contribution >= 0.6 is 0 Å². The summed E-state index contributed by atoms with van der Waals surface area (Å²) >= 11 is 0. The molecule has 2 nitrogen and oxygen atoms in total. The second-order valence-electron chi connectivity index (χ2n) is 2.79. The zero-order valence-electron chi connectivity index (χ0n) is 6.35. The van der Waals surface area contributed by atoms with Crippen LogP contribution in [0.15, 0.2) is 0 Å². The van der Waals surface area contributed by atoms with Gasteiger partial charge < -0.3 is 10.2 Å². The molecule has 1 aliphatic rings. The van der Waals surface area contributed by atoms with Crippen LogP contribution in [-0.4, -0.2) is 37.6 Å². The van der Waals surface area contributed by atoms with Crippen molar-refractivity contribution in [2.24, 2.45) is 0 Å². The smallest absolute Gasteiger partial charge is 0.0206 e. The topological polar surface area (TPSA) is 15.3 Å². The fraction of sp³-hybridized carbons (Fsp3) is 1.00. The first-order chi connectivity index (χ1) is 4.33. The van der Waals surface area contributed by atoms with Gasteiger partial charge in [0.15, 0.2) is 0 Å². The fourth-order valence-electron chi connectivity index (χ4n) is 1.01. The van der Waals surface area contributed by atoms with Gasteiger partial charge in [0.2, 0.25) is 0 Å². The Kier molecular flexibility index (Phi) is 2.49. The molecule has 0 aromatic carbocycles. The summed E-state index contributed by atoms with van der Waals surface area (Å²) in [6, 6.07) is 0.787. The van der Waals surface area contributed by atoms with Crippen LogP contribution in [0.5, 0.6) is 0 Å². The van der Waals surface area contributed by atoms with Crippen LogP contribution < -0.4 is 5.32 Å². The quantitative estimate of drug-likeness (QED) is 0.600. The zero-order valence-corrected chi connectivity index (χ0v) is 6.35. The highest BCUT2D eigenvalue weighted by Gasteiger charge is 2.16. The maximum absolute atomic E-state index is 3.37. The van der Waals surface area contributed by atoms with Crippen molar-refractivity contribution in [3.05, 3.63) is 0 Å². The minimum absolute atomic E-state index is 0. The summed E-state index contributed by atoms with van der Waals surface area (Å²) in [6.07, 6.45) is 1.37. The van der Waals surface area contributed by atoms with E-state index in [-0.39, 0.29) is 1.43 Å². The lowest BCUT2D eigenvalue weighted by Gasteiger charge is -2.31. The van der Waals surface area contributed by atoms with E-state index in [9.17, 15) is 0 Å². The van der Waals surface area contributed by atoms with Crippen molar-refractivity contribution in [3.63, 3.8) is 0 Å². The minimum Gasteiger partial charge on any atom is -0.313 e. The number of hydrogen-bond donors (Lipinski definition) is 1. The molecule has 0 spiro atoms. The van der Waals surface area contributed by atoms with Gasteiger partial charge in [-0.1, -0.05) is 6.92 Å². The van der Waals surface area contributed by atoms with Crippen LogP contribution in [0, 0.1) is 0 Å². The van der Waals surface area contributed by atoms with Gasteiger partial charge >= 0.3 is 0 Å². The predicted octanol–water partition coefficient (Wildman–Crippen LogP) is 0.546. The highest BCUT2D eigenvalue weighted by Crippen LogP contribution is 2.02. The Bertz CT molecular complexity index is 80.9. The molecule has 1 rings (SSSR count). The zero-order chi connectivity index (χ0) is 6.69. The van der Waals surface area contributed by atoms with Crippen molar-refractivity contribution >= 4 is 0 Å². The Hall–Kier alpha value is -0.0800. The van der Waals surface area contributed by atoms with E-state index in [0.29, 0.717) is 0 Å². The average Bonchev–Trinajstić information content (AvgIpc) is 1.78. The van der Waals surface area contributed by atoms with E-state index >= 15 is 0 Å². The molecule has 1 saturated heterocycles. The molecular formula is C7H18N2. The first kappa shape index (κ1) is 7.03. The predicted molar refractivity (Wildman–Crippen MR) is 41.7 cm³/mol. The molecule has 0 radical (unpaired) electrons. The molecule has 1 N–H and O–H groups in total.